The number of anilines is 1. The zero-order valence-corrected chi connectivity index (χ0v) is 9.20. The summed E-state index contributed by atoms with van der Waals surface area (Å²) in [6.45, 7) is 2.41. The van der Waals surface area contributed by atoms with Crippen molar-refractivity contribution in [1.82, 2.24) is 0 Å². The molecule has 88 valence electrons. The van der Waals surface area contributed by atoms with Gasteiger partial charge in [-0.3, -0.25) is 0 Å². The van der Waals surface area contributed by atoms with Crippen LogP contribution in [0.4, 0.5) is 10.1 Å². The molecule has 0 aliphatic heterocycles. The molecule has 1 rings (SSSR count). The van der Waals surface area contributed by atoms with Crippen molar-refractivity contribution < 1.29 is 9.60 Å². The summed E-state index contributed by atoms with van der Waals surface area (Å²) in [5, 5.41) is 14.3. The molecule has 0 fully saturated rings. The van der Waals surface area contributed by atoms with Gasteiger partial charge in [-0.1, -0.05) is 5.16 Å². The molecule has 0 spiro atoms. The number of amidine groups is 1. The van der Waals surface area contributed by atoms with Crippen LogP contribution in [0.5, 0.6) is 0 Å². The van der Waals surface area contributed by atoms with E-state index in [2.05, 4.69) is 10.5 Å². The molecule has 0 bridgehead atoms. The lowest BCUT2D eigenvalue weighted by atomic mass is 10.2. The molecule has 0 amide bonds. The van der Waals surface area contributed by atoms with E-state index < -0.39 is 0 Å². The lowest BCUT2D eigenvalue weighted by Gasteiger charge is -2.07. The molecule has 0 saturated carbocycles. The minimum Gasteiger partial charge on any atom is -0.409 e. The number of oxime groups is 1. The molecular weight excluding hydrogens is 209 g/mol. The van der Waals surface area contributed by atoms with Crippen molar-refractivity contribution in [2.75, 3.05) is 11.9 Å². The number of halogens is 1. The van der Waals surface area contributed by atoms with Gasteiger partial charge in [-0.05, 0) is 37.1 Å². The second kappa shape index (κ2) is 5.95. The first-order valence-electron chi connectivity index (χ1n) is 5.10. The van der Waals surface area contributed by atoms with Crippen molar-refractivity contribution in [3.63, 3.8) is 0 Å². The molecule has 1 aromatic rings. The van der Waals surface area contributed by atoms with Crippen LogP contribution in [0.15, 0.2) is 23.4 Å². The van der Waals surface area contributed by atoms with Gasteiger partial charge in [-0.25, -0.2) is 4.39 Å². The summed E-state index contributed by atoms with van der Waals surface area (Å²) in [5.74, 6) is 0.0132. The molecule has 4 N–H and O–H groups in total. The highest BCUT2D eigenvalue weighted by molar-refractivity contribution is 5.79. The van der Waals surface area contributed by atoms with E-state index in [-0.39, 0.29) is 11.7 Å². The van der Waals surface area contributed by atoms with E-state index in [1.165, 1.54) is 6.07 Å². The molecule has 16 heavy (non-hydrogen) atoms. The molecule has 4 nitrogen and oxygen atoms in total. The molecule has 0 saturated heterocycles. The Morgan fingerprint density at radius 3 is 2.94 bits per heavy atom. The monoisotopic (exact) mass is 225 g/mol. The highest BCUT2D eigenvalue weighted by atomic mass is 19.1. The summed E-state index contributed by atoms with van der Waals surface area (Å²) in [7, 11) is 0. The summed E-state index contributed by atoms with van der Waals surface area (Å²) in [6, 6.07) is 4.87. The maximum atomic E-state index is 13.0. The predicted molar refractivity (Wildman–Crippen MR) is 62.3 cm³/mol. The minimum absolute atomic E-state index is 0.206. The van der Waals surface area contributed by atoms with Crippen molar-refractivity contribution >= 4 is 11.5 Å². The van der Waals surface area contributed by atoms with Crippen molar-refractivity contribution in [2.45, 2.75) is 19.8 Å². The van der Waals surface area contributed by atoms with Crippen LogP contribution in [-0.2, 0) is 0 Å². The van der Waals surface area contributed by atoms with Crippen LogP contribution in [0.3, 0.4) is 0 Å². The summed E-state index contributed by atoms with van der Waals surface area (Å²) < 4.78 is 13.0. The molecule has 0 radical (unpaired) electrons. The second-order valence-corrected chi connectivity index (χ2v) is 3.59. The summed E-state index contributed by atoms with van der Waals surface area (Å²) in [5.41, 5.74) is 6.80. The number of nitrogens with one attached hydrogen (secondary N) is 1. The van der Waals surface area contributed by atoms with Gasteiger partial charge in [0, 0.05) is 18.7 Å². The molecule has 0 aromatic heterocycles. The first kappa shape index (κ1) is 12.3. The summed E-state index contributed by atoms with van der Waals surface area (Å²) >= 11 is 0. The topological polar surface area (TPSA) is 70.6 Å². The van der Waals surface area contributed by atoms with Crippen molar-refractivity contribution in [2.24, 2.45) is 10.9 Å². The van der Waals surface area contributed by atoms with Crippen LogP contribution >= 0.6 is 0 Å². The Balaban J connectivity index is 2.35. The number of benzene rings is 1. The number of hydrogen-bond acceptors (Lipinski definition) is 3. The quantitative estimate of drug-likeness (QED) is 0.236. The van der Waals surface area contributed by atoms with E-state index >= 15 is 0 Å². The molecule has 0 aliphatic carbocycles. The van der Waals surface area contributed by atoms with Crippen LogP contribution in [0.25, 0.3) is 0 Å². The van der Waals surface area contributed by atoms with Gasteiger partial charge in [0.15, 0.2) is 0 Å². The van der Waals surface area contributed by atoms with E-state index in [0.717, 1.165) is 12.1 Å². The first-order chi connectivity index (χ1) is 7.63. The van der Waals surface area contributed by atoms with Crippen molar-refractivity contribution in [1.29, 1.82) is 0 Å². The lowest BCUT2D eigenvalue weighted by molar-refractivity contribution is 0.316. The van der Waals surface area contributed by atoms with Gasteiger partial charge in [-0.15, -0.1) is 0 Å². The Bertz CT molecular complexity index is 379. The average Bonchev–Trinajstić information content (AvgIpc) is 2.28. The molecule has 1 aromatic carbocycles. The fourth-order valence-electron chi connectivity index (χ4n) is 1.31. The van der Waals surface area contributed by atoms with Gasteiger partial charge in [0.2, 0.25) is 0 Å². The Labute approximate surface area is 94.0 Å². The summed E-state index contributed by atoms with van der Waals surface area (Å²) in [6.07, 6.45) is 1.29. The smallest absolute Gasteiger partial charge is 0.139 e. The standard InChI is InChI=1S/C11H16FN3O/c1-8-7-9(4-5-10(8)12)14-6-2-3-11(13)15-16/h4-5,7,14,16H,2-3,6H2,1H3,(H2,13,15). The van der Waals surface area contributed by atoms with Gasteiger partial charge in [0.25, 0.3) is 0 Å². The van der Waals surface area contributed by atoms with Gasteiger partial charge in [0.1, 0.15) is 11.7 Å². The van der Waals surface area contributed by atoms with E-state index in [9.17, 15) is 4.39 Å². The third-order valence-electron chi connectivity index (χ3n) is 2.23. The number of nitrogens with two attached hydrogens (primary N) is 1. The van der Waals surface area contributed by atoms with Crippen molar-refractivity contribution in [3.05, 3.63) is 29.6 Å². The third-order valence-corrected chi connectivity index (χ3v) is 2.23. The highest BCUT2D eigenvalue weighted by Crippen LogP contribution is 2.13. The maximum absolute atomic E-state index is 13.0. The van der Waals surface area contributed by atoms with Crippen molar-refractivity contribution in [3.8, 4) is 0 Å². The van der Waals surface area contributed by atoms with Gasteiger partial charge in [0.05, 0.1) is 0 Å². The van der Waals surface area contributed by atoms with E-state index in [1.807, 2.05) is 0 Å². The van der Waals surface area contributed by atoms with Crippen LogP contribution < -0.4 is 11.1 Å². The fraction of sp³-hybridized carbons (Fsp3) is 0.364. The van der Waals surface area contributed by atoms with Gasteiger partial charge in [-0.2, -0.15) is 0 Å². The van der Waals surface area contributed by atoms with Crippen LogP contribution in [0, 0.1) is 12.7 Å². The Morgan fingerprint density at radius 2 is 2.31 bits per heavy atom. The molecule has 0 heterocycles. The largest absolute Gasteiger partial charge is 0.409 e. The summed E-state index contributed by atoms with van der Waals surface area (Å²) in [4.78, 5) is 0. The number of rotatable bonds is 5. The molecule has 0 aliphatic rings. The zero-order valence-electron chi connectivity index (χ0n) is 9.20. The Morgan fingerprint density at radius 1 is 1.56 bits per heavy atom. The molecule has 5 heteroatoms. The van der Waals surface area contributed by atoms with Gasteiger partial charge >= 0.3 is 0 Å². The predicted octanol–water partition coefficient (Wildman–Crippen LogP) is 2.07. The van der Waals surface area contributed by atoms with Gasteiger partial charge < -0.3 is 16.3 Å². The molecular formula is C11H16FN3O. The highest BCUT2D eigenvalue weighted by Gasteiger charge is 1.98. The lowest BCUT2D eigenvalue weighted by Crippen LogP contribution is -2.13. The first-order valence-corrected chi connectivity index (χ1v) is 5.10. The number of hydrogen-bond donors (Lipinski definition) is 3. The SMILES string of the molecule is Cc1cc(NCCCC(N)=NO)ccc1F. The van der Waals surface area contributed by atoms with Crippen LogP contribution in [0.1, 0.15) is 18.4 Å². The zero-order chi connectivity index (χ0) is 12.0. The van der Waals surface area contributed by atoms with Crippen LogP contribution in [-0.4, -0.2) is 17.6 Å². The fourth-order valence-corrected chi connectivity index (χ4v) is 1.31. The van der Waals surface area contributed by atoms with Crippen LogP contribution in [0.2, 0.25) is 0 Å². The van der Waals surface area contributed by atoms with E-state index in [0.29, 0.717) is 18.5 Å². The normalized spacial score (nSPS) is 11.5. The number of aryl methyl sites for hydroxylation is 1. The number of nitrogens with zero attached hydrogens (tertiary/aromatic N) is 1. The molecule has 0 atom stereocenters. The Kier molecular flexibility index (Phi) is 4.57. The second-order valence-electron chi connectivity index (χ2n) is 3.59. The average molecular weight is 225 g/mol. The minimum atomic E-state index is -0.206. The maximum Gasteiger partial charge on any atom is 0.139 e. The van der Waals surface area contributed by atoms with E-state index in [1.54, 1.807) is 19.1 Å². The Hall–Kier alpha value is -1.78. The van der Waals surface area contributed by atoms with E-state index in [4.69, 9.17) is 10.9 Å². The molecule has 0 unspecified atom stereocenters. The third kappa shape index (κ3) is 3.76.